The van der Waals surface area contributed by atoms with E-state index in [-0.39, 0.29) is 5.60 Å². The van der Waals surface area contributed by atoms with Crippen LogP contribution < -0.4 is 15.8 Å². The largest absolute Gasteiger partial charge is 0.497 e. The van der Waals surface area contributed by atoms with Crippen molar-refractivity contribution in [2.45, 2.75) is 25.4 Å². The van der Waals surface area contributed by atoms with Gasteiger partial charge in [0.2, 0.25) is 0 Å². The molecule has 0 radical (unpaired) electrons. The van der Waals surface area contributed by atoms with Crippen LogP contribution in [-0.2, 0) is 4.74 Å². The van der Waals surface area contributed by atoms with Crippen LogP contribution in [0.15, 0.2) is 18.2 Å². The zero-order chi connectivity index (χ0) is 12.3. The Kier molecular flexibility index (Phi) is 3.43. The van der Waals surface area contributed by atoms with Crippen LogP contribution in [0.25, 0.3) is 0 Å². The van der Waals surface area contributed by atoms with E-state index in [4.69, 9.17) is 15.2 Å². The number of benzene rings is 1. The van der Waals surface area contributed by atoms with Gasteiger partial charge in [0.15, 0.2) is 0 Å². The summed E-state index contributed by atoms with van der Waals surface area (Å²) in [6.45, 7) is 3.77. The summed E-state index contributed by atoms with van der Waals surface area (Å²) < 4.78 is 10.8. The number of hydrogen-bond acceptors (Lipinski definition) is 4. The normalized spacial score (nSPS) is 23.6. The number of ether oxygens (including phenoxy) is 2. The van der Waals surface area contributed by atoms with Gasteiger partial charge in [0.25, 0.3) is 0 Å². The van der Waals surface area contributed by atoms with E-state index in [9.17, 15) is 0 Å². The van der Waals surface area contributed by atoms with Gasteiger partial charge in [0.1, 0.15) is 5.75 Å². The van der Waals surface area contributed by atoms with Gasteiger partial charge in [-0.25, -0.2) is 0 Å². The van der Waals surface area contributed by atoms with E-state index in [1.807, 2.05) is 18.2 Å². The molecule has 4 nitrogen and oxygen atoms in total. The third kappa shape index (κ3) is 2.82. The van der Waals surface area contributed by atoms with Crippen LogP contribution in [0, 0.1) is 0 Å². The van der Waals surface area contributed by atoms with E-state index in [0.29, 0.717) is 5.69 Å². The highest BCUT2D eigenvalue weighted by molar-refractivity contribution is 5.68. The van der Waals surface area contributed by atoms with E-state index < -0.39 is 0 Å². The first kappa shape index (κ1) is 12.0. The molecule has 0 saturated carbocycles. The quantitative estimate of drug-likeness (QED) is 0.787. The molecule has 3 N–H and O–H groups in total. The summed E-state index contributed by atoms with van der Waals surface area (Å²) in [5.74, 6) is 0.774. The molecular weight excluding hydrogens is 216 g/mol. The second-order valence-electron chi connectivity index (χ2n) is 4.71. The van der Waals surface area contributed by atoms with Crippen molar-refractivity contribution >= 4 is 11.4 Å². The fourth-order valence-corrected chi connectivity index (χ4v) is 2.09. The van der Waals surface area contributed by atoms with Crippen LogP contribution >= 0.6 is 0 Å². The SMILES string of the molecule is COc1ccc(NCC2(C)CCCO2)c(N)c1. The van der Waals surface area contributed by atoms with Crippen LogP contribution in [0.1, 0.15) is 19.8 Å². The molecule has 1 unspecified atom stereocenters. The van der Waals surface area contributed by atoms with Gasteiger partial charge in [-0.2, -0.15) is 0 Å². The summed E-state index contributed by atoms with van der Waals surface area (Å²) in [6, 6.07) is 5.66. The van der Waals surface area contributed by atoms with Crippen molar-refractivity contribution in [1.82, 2.24) is 0 Å². The van der Waals surface area contributed by atoms with Crippen LogP contribution in [0.3, 0.4) is 0 Å². The lowest BCUT2D eigenvalue weighted by Crippen LogP contribution is -2.32. The molecule has 1 fully saturated rings. The van der Waals surface area contributed by atoms with Crippen LogP contribution in [0.4, 0.5) is 11.4 Å². The maximum absolute atomic E-state index is 5.94. The molecule has 1 atom stereocenters. The Morgan fingerprint density at radius 2 is 2.35 bits per heavy atom. The molecule has 1 heterocycles. The molecule has 1 aliphatic rings. The third-order valence-electron chi connectivity index (χ3n) is 3.21. The highest BCUT2D eigenvalue weighted by Crippen LogP contribution is 2.28. The van der Waals surface area contributed by atoms with E-state index in [1.165, 1.54) is 0 Å². The van der Waals surface area contributed by atoms with Crippen molar-refractivity contribution in [1.29, 1.82) is 0 Å². The van der Waals surface area contributed by atoms with Crippen LogP contribution in [0.5, 0.6) is 5.75 Å². The number of hydrogen-bond donors (Lipinski definition) is 2. The maximum Gasteiger partial charge on any atom is 0.121 e. The van der Waals surface area contributed by atoms with Gasteiger partial charge in [0, 0.05) is 19.2 Å². The van der Waals surface area contributed by atoms with Crippen molar-refractivity contribution in [3.8, 4) is 5.75 Å². The molecule has 17 heavy (non-hydrogen) atoms. The Morgan fingerprint density at radius 3 is 2.94 bits per heavy atom. The predicted octanol–water partition coefficient (Wildman–Crippen LogP) is 2.26. The second-order valence-corrected chi connectivity index (χ2v) is 4.71. The first-order valence-electron chi connectivity index (χ1n) is 5.94. The number of nitrogens with two attached hydrogens (primary N) is 1. The average molecular weight is 236 g/mol. The summed E-state index contributed by atoms with van der Waals surface area (Å²) in [4.78, 5) is 0. The van der Waals surface area contributed by atoms with E-state index >= 15 is 0 Å². The molecule has 0 amide bonds. The highest BCUT2D eigenvalue weighted by Gasteiger charge is 2.29. The van der Waals surface area contributed by atoms with Gasteiger partial charge in [-0.3, -0.25) is 0 Å². The Bertz CT molecular complexity index is 387. The Morgan fingerprint density at radius 1 is 1.53 bits per heavy atom. The molecule has 0 aromatic heterocycles. The molecule has 1 aromatic rings. The van der Waals surface area contributed by atoms with Crippen LogP contribution in [-0.4, -0.2) is 25.9 Å². The maximum atomic E-state index is 5.94. The molecule has 1 saturated heterocycles. The van der Waals surface area contributed by atoms with E-state index in [1.54, 1.807) is 7.11 Å². The van der Waals surface area contributed by atoms with Crippen molar-refractivity contribution in [2.75, 3.05) is 31.3 Å². The molecule has 4 heteroatoms. The fourth-order valence-electron chi connectivity index (χ4n) is 2.09. The number of nitrogens with one attached hydrogen (secondary N) is 1. The molecular formula is C13H20N2O2. The highest BCUT2D eigenvalue weighted by atomic mass is 16.5. The van der Waals surface area contributed by atoms with Gasteiger partial charge in [-0.1, -0.05) is 0 Å². The molecule has 1 aromatic carbocycles. The summed E-state index contributed by atoms with van der Waals surface area (Å²) in [6.07, 6.45) is 2.23. The molecule has 0 bridgehead atoms. The average Bonchev–Trinajstić information content (AvgIpc) is 2.75. The standard InChI is InChI=1S/C13H20N2O2/c1-13(6-3-7-17-13)9-15-12-5-4-10(16-2)8-11(12)14/h4-5,8,15H,3,6-7,9,14H2,1-2H3. The zero-order valence-corrected chi connectivity index (χ0v) is 10.5. The van der Waals surface area contributed by atoms with E-state index in [0.717, 1.165) is 37.4 Å². The van der Waals surface area contributed by atoms with Crippen molar-refractivity contribution < 1.29 is 9.47 Å². The topological polar surface area (TPSA) is 56.5 Å². The predicted molar refractivity (Wildman–Crippen MR) is 69.5 cm³/mol. The minimum Gasteiger partial charge on any atom is -0.497 e. The second kappa shape index (κ2) is 4.84. The number of nitrogen functional groups attached to an aromatic ring is 1. The van der Waals surface area contributed by atoms with Gasteiger partial charge in [-0.15, -0.1) is 0 Å². The minimum atomic E-state index is -0.0631. The molecule has 94 valence electrons. The van der Waals surface area contributed by atoms with Crippen LogP contribution in [0.2, 0.25) is 0 Å². The first-order valence-corrected chi connectivity index (χ1v) is 5.94. The first-order chi connectivity index (χ1) is 8.13. The summed E-state index contributed by atoms with van der Waals surface area (Å²) >= 11 is 0. The minimum absolute atomic E-state index is 0.0631. The summed E-state index contributed by atoms with van der Waals surface area (Å²) in [7, 11) is 1.63. The Labute approximate surface area is 102 Å². The van der Waals surface area contributed by atoms with Crippen molar-refractivity contribution in [3.63, 3.8) is 0 Å². The smallest absolute Gasteiger partial charge is 0.121 e. The summed E-state index contributed by atoms with van der Waals surface area (Å²) in [5.41, 5.74) is 7.51. The van der Waals surface area contributed by atoms with Gasteiger partial charge >= 0.3 is 0 Å². The third-order valence-corrected chi connectivity index (χ3v) is 3.21. The number of rotatable bonds is 4. The van der Waals surface area contributed by atoms with Gasteiger partial charge in [-0.05, 0) is 31.9 Å². The summed E-state index contributed by atoms with van der Waals surface area (Å²) in [5, 5.41) is 3.34. The van der Waals surface area contributed by atoms with E-state index in [2.05, 4.69) is 12.2 Å². The molecule has 0 spiro atoms. The molecule has 0 aliphatic carbocycles. The lowest BCUT2D eigenvalue weighted by atomic mass is 10.0. The molecule has 2 rings (SSSR count). The molecule has 1 aliphatic heterocycles. The Balaban J connectivity index is 1.99. The van der Waals surface area contributed by atoms with Crippen molar-refractivity contribution in [3.05, 3.63) is 18.2 Å². The monoisotopic (exact) mass is 236 g/mol. The lowest BCUT2D eigenvalue weighted by molar-refractivity contribution is 0.0315. The lowest BCUT2D eigenvalue weighted by Gasteiger charge is -2.24. The zero-order valence-electron chi connectivity index (χ0n) is 10.5. The fraction of sp³-hybridized carbons (Fsp3) is 0.538. The number of anilines is 2. The Hall–Kier alpha value is -1.42. The van der Waals surface area contributed by atoms with Gasteiger partial charge < -0.3 is 20.5 Å². The van der Waals surface area contributed by atoms with Crippen molar-refractivity contribution in [2.24, 2.45) is 0 Å². The number of methoxy groups -OCH3 is 1. The van der Waals surface area contributed by atoms with Gasteiger partial charge in [0.05, 0.1) is 24.1 Å².